The first-order chi connectivity index (χ1) is 9.44. The van der Waals surface area contributed by atoms with Crippen molar-refractivity contribution in [3.8, 4) is 0 Å². The quantitative estimate of drug-likeness (QED) is 0.872. The van der Waals surface area contributed by atoms with Crippen molar-refractivity contribution in [2.45, 2.75) is 51.8 Å². The molecule has 20 heavy (non-hydrogen) atoms. The number of H-pyrrole nitrogens is 1. The number of nitrogens with zero attached hydrogens (tertiary/aromatic N) is 3. The molecule has 1 aliphatic heterocycles. The molecule has 1 aliphatic rings. The van der Waals surface area contributed by atoms with Crippen molar-refractivity contribution in [2.75, 3.05) is 13.1 Å². The van der Waals surface area contributed by atoms with Crippen LogP contribution >= 0.6 is 0 Å². The second-order valence-corrected chi connectivity index (χ2v) is 6.08. The maximum absolute atomic E-state index is 12.0. The van der Waals surface area contributed by atoms with Gasteiger partial charge >= 0.3 is 6.09 Å². The number of rotatable bonds is 3. The van der Waals surface area contributed by atoms with Gasteiger partial charge in [0.25, 0.3) is 0 Å². The molecule has 0 bridgehead atoms. The van der Waals surface area contributed by atoms with Crippen LogP contribution in [0.5, 0.6) is 0 Å². The van der Waals surface area contributed by atoms with Crippen molar-refractivity contribution in [1.82, 2.24) is 25.4 Å². The van der Waals surface area contributed by atoms with E-state index in [4.69, 9.17) is 4.74 Å². The monoisotopic (exact) mass is 281 g/mol. The molecule has 1 fully saturated rings. The predicted molar refractivity (Wildman–Crippen MR) is 74.1 cm³/mol. The van der Waals surface area contributed by atoms with E-state index in [1.165, 1.54) is 6.33 Å². The number of nitrogens with one attached hydrogen (secondary N) is 2. The highest BCUT2D eigenvalue weighted by atomic mass is 16.6. The number of carbonyl (C=O) groups excluding carboxylic acids is 1. The Morgan fingerprint density at radius 2 is 2.40 bits per heavy atom. The van der Waals surface area contributed by atoms with E-state index < -0.39 is 5.60 Å². The molecule has 0 aromatic carbocycles. The van der Waals surface area contributed by atoms with Crippen molar-refractivity contribution >= 4 is 6.09 Å². The lowest BCUT2D eigenvalue weighted by atomic mass is 10.1. The van der Waals surface area contributed by atoms with E-state index in [0.717, 1.165) is 25.2 Å². The molecule has 7 heteroatoms. The van der Waals surface area contributed by atoms with Crippen molar-refractivity contribution in [2.24, 2.45) is 0 Å². The van der Waals surface area contributed by atoms with Gasteiger partial charge in [-0.15, -0.1) is 0 Å². The Labute approximate surface area is 119 Å². The highest BCUT2D eigenvalue weighted by Crippen LogP contribution is 2.15. The molecule has 1 aromatic rings. The summed E-state index contributed by atoms with van der Waals surface area (Å²) in [5.74, 6) is 0.805. The first kappa shape index (κ1) is 14.8. The standard InChI is InChI=1S/C13H23N5O2/c1-13(2,3)20-12(19)18-6-4-5-10(8-18)14-7-11-15-9-16-17-11/h9-10,14H,4-8H2,1-3H3,(H,15,16,17). The smallest absolute Gasteiger partial charge is 0.410 e. The topological polar surface area (TPSA) is 83.1 Å². The molecular formula is C13H23N5O2. The summed E-state index contributed by atoms with van der Waals surface area (Å²) in [6.07, 6.45) is 3.29. The fraction of sp³-hybridized carbons (Fsp3) is 0.769. The molecule has 1 amide bonds. The molecule has 0 spiro atoms. The third kappa shape index (κ3) is 4.48. The fourth-order valence-electron chi connectivity index (χ4n) is 2.19. The van der Waals surface area contributed by atoms with Crippen molar-refractivity contribution in [3.05, 3.63) is 12.2 Å². The van der Waals surface area contributed by atoms with E-state index in [1.807, 2.05) is 20.8 Å². The first-order valence-corrected chi connectivity index (χ1v) is 6.99. The lowest BCUT2D eigenvalue weighted by Gasteiger charge is -2.34. The van der Waals surface area contributed by atoms with Gasteiger partial charge in [-0.25, -0.2) is 9.78 Å². The van der Waals surface area contributed by atoms with Crippen LogP contribution < -0.4 is 5.32 Å². The predicted octanol–water partition coefficient (Wildman–Crippen LogP) is 1.29. The summed E-state index contributed by atoms with van der Waals surface area (Å²) in [5, 5.41) is 10.0. The number of aromatic amines is 1. The zero-order chi connectivity index (χ0) is 14.6. The zero-order valence-electron chi connectivity index (χ0n) is 12.3. The van der Waals surface area contributed by atoms with E-state index in [0.29, 0.717) is 13.1 Å². The number of ether oxygens (including phenoxy) is 1. The number of piperidine rings is 1. The van der Waals surface area contributed by atoms with Gasteiger partial charge in [0.2, 0.25) is 0 Å². The van der Waals surface area contributed by atoms with Gasteiger partial charge in [-0.05, 0) is 33.6 Å². The van der Waals surface area contributed by atoms with Crippen LogP contribution in [0.2, 0.25) is 0 Å². The summed E-state index contributed by atoms with van der Waals surface area (Å²) < 4.78 is 5.41. The van der Waals surface area contributed by atoms with Crippen LogP contribution in [-0.2, 0) is 11.3 Å². The third-order valence-electron chi connectivity index (χ3n) is 3.10. The Morgan fingerprint density at radius 3 is 3.05 bits per heavy atom. The Morgan fingerprint density at radius 1 is 1.60 bits per heavy atom. The summed E-state index contributed by atoms with van der Waals surface area (Å²) in [5.41, 5.74) is -0.447. The van der Waals surface area contributed by atoms with Crippen molar-refractivity contribution < 1.29 is 9.53 Å². The highest BCUT2D eigenvalue weighted by molar-refractivity contribution is 5.68. The Balaban J connectivity index is 1.80. The van der Waals surface area contributed by atoms with Gasteiger partial charge in [-0.3, -0.25) is 5.10 Å². The summed E-state index contributed by atoms with van der Waals surface area (Å²) in [7, 11) is 0. The van der Waals surface area contributed by atoms with Crippen LogP contribution in [0, 0.1) is 0 Å². The average Bonchev–Trinajstić information content (AvgIpc) is 2.88. The number of hydrogen-bond acceptors (Lipinski definition) is 5. The summed E-state index contributed by atoms with van der Waals surface area (Å²) >= 11 is 0. The van der Waals surface area contributed by atoms with Crippen LogP contribution in [0.1, 0.15) is 39.4 Å². The van der Waals surface area contributed by atoms with E-state index >= 15 is 0 Å². The molecular weight excluding hydrogens is 258 g/mol. The maximum atomic E-state index is 12.0. The summed E-state index contributed by atoms with van der Waals surface area (Å²) in [6.45, 7) is 7.71. The molecule has 2 heterocycles. The average molecular weight is 281 g/mol. The van der Waals surface area contributed by atoms with E-state index in [-0.39, 0.29) is 12.1 Å². The van der Waals surface area contributed by atoms with Gasteiger partial charge in [0.15, 0.2) is 0 Å². The highest BCUT2D eigenvalue weighted by Gasteiger charge is 2.27. The van der Waals surface area contributed by atoms with Gasteiger partial charge < -0.3 is 15.0 Å². The Bertz CT molecular complexity index is 426. The molecule has 7 nitrogen and oxygen atoms in total. The molecule has 1 saturated heterocycles. The number of aromatic nitrogens is 3. The van der Waals surface area contributed by atoms with Crippen LogP contribution in [0.25, 0.3) is 0 Å². The van der Waals surface area contributed by atoms with Gasteiger partial charge in [0, 0.05) is 19.1 Å². The molecule has 1 atom stereocenters. The minimum absolute atomic E-state index is 0.233. The van der Waals surface area contributed by atoms with E-state index in [1.54, 1.807) is 4.90 Å². The van der Waals surface area contributed by atoms with E-state index in [9.17, 15) is 4.79 Å². The van der Waals surface area contributed by atoms with Crippen molar-refractivity contribution in [1.29, 1.82) is 0 Å². The lowest BCUT2D eigenvalue weighted by molar-refractivity contribution is 0.0187. The minimum Gasteiger partial charge on any atom is -0.444 e. The largest absolute Gasteiger partial charge is 0.444 e. The minimum atomic E-state index is -0.447. The van der Waals surface area contributed by atoms with Crippen LogP contribution in [0.15, 0.2) is 6.33 Å². The number of carbonyl (C=O) groups is 1. The van der Waals surface area contributed by atoms with Crippen LogP contribution in [-0.4, -0.2) is 50.9 Å². The Hall–Kier alpha value is -1.63. The number of amides is 1. The first-order valence-electron chi connectivity index (χ1n) is 6.99. The number of hydrogen-bond donors (Lipinski definition) is 2. The lowest BCUT2D eigenvalue weighted by Crippen LogP contribution is -2.49. The zero-order valence-corrected chi connectivity index (χ0v) is 12.3. The Kier molecular flexibility index (Phi) is 4.59. The molecule has 1 unspecified atom stereocenters. The normalized spacial score (nSPS) is 19.9. The second kappa shape index (κ2) is 6.21. The van der Waals surface area contributed by atoms with Crippen LogP contribution in [0.4, 0.5) is 4.79 Å². The molecule has 1 aromatic heterocycles. The molecule has 112 valence electrons. The maximum Gasteiger partial charge on any atom is 0.410 e. The fourth-order valence-corrected chi connectivity index (χ4v) is 2.19. The van der Waals surface area contributed by atoms with Gasteiger partial charge in [-0.2, -0.15) is 5.10 Å². The summed E-state index contributed by atoms with van der Waals surface area (Å²) in [4.78, 5) is 17.9. The third-order valence-corrected chi connectivity index (χ3v) is 3.10. The summed E-state index contributed by atoms with van der Waals surface area (Å²) in [6, 6.07) is 0.265. The number of likely N-dealkylation sites (tertiary alicyclic amines) is 1. The molecule has 2 rings (SSSR count). The molecule has 2 N–H and O–H groups in total. The van der Waals surface area contributed by atoms with Gasteiger partial charge in [0.1, 0.15) is 17.8 Å². The van der Waals surface area contributed by atoms with Gasteiger partial charge in [0.05, 0.1) is 6.54 Å². The molecule has 0 aliphatic carbocycles. The van der Waals surface area contributed by atoms with Gasteiger partial charge in [-0.1, -0.05) is 0 Å². The van der Waals surface area contributed by atoms with Crippen LogP contribution in [0.3, 0.4) is 0 Å². The van der Waals surface area contributed by atoms with Crippen molar-refractivity contribution in [3.63, 3.8) is 0 Å². The second-order valence-electron chi connectivity index (χ2n) is 6.08. The van der Waals surface area contributed by atoms with E-state index in [2.05, 4.69) is 20.5 Å². The molecule has 0 saturated carbocycles. The SMILES string of the molecule is CC(C)(C)OC(=O)N1CCCC(NCc2ncn[nH]2)C1. The molecule has 0 radical (unpaired) electrons.